The molecule has 44 heavy (non-hydrogen) atoms. The molecule has 2 atom stereocenters. The first kappa shape index (κ1) is 32.8. The first-order chi connectivity index (χ1) is 20.6. The monoisotopic (exact) mass is 792 g/mol. The summed E-state index contributed by atoms with van der Waals surface area (Å²) in [5, 5.41) is 0. The number of ether oxygens (including phenoxy) is 2. The first-order valence-corrected chi connectivity index (χ1v) is 24.8. The van der Waals surface area contributed by atoms with Crippen molar-refractivity contribution in [1.29, 1.82) is 0 Å². The van der Waals surface area contributed by atoms with Gasteiger partial charge < -0.3 is 0 Å². The van der Waals surface area contributed by atoms with Gasteiger partial charge in [0, 0.05) is 0 Å². The third kappa shape index (κ3) is 5.23. The van der Waals surface area contributed by atoms with Crippen molar-refractivity contribution in [2.75, 3.05) is 14.2 Å². The molecule has 3 aliphatic rings. The van der Waals surface area contributed by atoms with Gasteiger partial charge >= 0.3 is 257 Å². The van der Waals surface area contributed by atoms with Crippen molar-refractivity contribution in [2.24, 2.45) is 0 Å². The Bertz CT molecular complexity index is 1580. The molecule has 1 fully saturated rings. The van der Waals surface area contributed by atoms with Gasteiger partial charge in [-0.3, -0.25) is 0 Å². The fraction of sp³-hybridized carbons (Fsp3) is 0.282. The molecule has 0 N–H and O–H groups in total. The third-order valence-electron chi connectivity index (χ3n) is 10.4. The molecule has 2 unspecified atom stereocenters. The smallest absolute Gasteiger partial charge is 0.147 e. The van der Waals surface area contributed by atoms with Crippen molar-refractivity contribution in [1.82, 2.24) is 0 Å². The van der Waals surface area contributed by atoms with Crippen molar-refractivity contribution in [3.05, 3.63) is 118 Å². The maximum absolute atomic E-state index is 5.46. The summed E-state index contributed by atoms with van der Waals surface area (Å²) in [4.78, 5) is 0. The predicted molar refractivity (Wildman–Crippen MR) is 188 cm³/mol. The molecule has 4 aromatic rings. The van der Waals surface area contributed by atoms with Gasteiger partial charge in [-0.05, 0) is 0 Å². The summed E-state index contributed by atoms with van der Waals surface area (Å²) >= 11 is -3.01. The predicted octanol–water partition coefficient (Wildman–Crippen LogP) is 11.7. The van der Waals surface area contributed by atoms with Gasteiger partial charge in [-0.1, -0.05) is 0 Å². The van der Waals surface area contributed by atoms with Crippen LogP contribution in [0.5, 0.6) is 11.5 Å². The largest absolute Gasteiger partial charge is 0.147 e. The number of benzene rings is 4. The van der Waals surface area contributed by atoms with Crippen LogP contribution in [0.2, 0.25) is 8.35 Å². The number of hydrogen-bond donors (Lipinski definition) is 0. The molecule has 1 heterocycles. The maximum Gasteiger partial charge on any atom is -0.147 e. The molecule has 228 valence electrons. The van der Waals surface area contributed by atoms with Crippen molar-refractivity contribution >= 4 is 37.0 Å². The topological polar surface area (TPSA) is 18.5 Å². The molecule has 0 spiro atoms. The second kappa shape index (κ2) is 13.4. The van der Waals surface area contributed by atoms with Gasteiger partial charge in [0.15, 0.2) is 0 Å². The van der Waals surface area contributed by atoms with Crippen LogP contribution in [0.1, 0.15) is 62.7 Å². The fourth-order valence-corrected chi connectivity index (χ4v) is 31.5. The van der Waals surface area contributed by atoms with Crippen molar-refractivity contribution < 1.29 is 29.4 Å². The van der Waals surface area contributed by atoms with Crippen LogP contribution in [0.3, 0.4) is 0 Å². The molecule has 0 bridgehead atoms. The van der Waals surface area contributed by atoms with E-state index in [1.54, 1.807) is 36.5 Å². The molecule has 0 saturated carbocycles. The van der Waals surface area contributed by atoms with Crippen LogP contribution in [0.25, 0.3) is 34.4 Å². The third-order valence-corrected chi connectivity index (χ3v) is 32.7. The molecule has 2 nitrogen and oxygen atoms in total. The molecular formula is C39H42Cl2HfO2. The standard InChI is InChI=1S/2C18H17O.C3H6.2ClH.Hf/c2*1-3-13-11-15-5-4-6-17(18(15)12-13)14-7-9-16(19-2)10-8-14;1-3-2;;;/h2*4-12H,3H2,1-2H3;1-3H2;2*1H;. The van der Waals surface area contributed by atoms with E-state index in [1.165, 1.54) is 48.2 Å². The van der Waals surface area contributed by atoms with E-state index in [1.807, 2.05) is 0 Å². The van der Waals surface area contributed by atoms with E-state index in [-0.39, 0.29) is 24.8 Å². The van der Waals surface area contributed by atoms with Crippen LogP contribution < -0.4 is 9.47 Å². The molecule has 7 rings (SSSR count). The van der Waals surface area contributed by atoms with E-state index in [0.29, 0.717) is 7.35 Å². The number of methoxy groups -OCH3 is 2. The molecule has 0 radical (unpaired) electrons. The van der Waals surface area contributed by atoms with Crippen LogP contribution in [0.15, 0.2) is 96.1 Å². The Labute approximate surface area is 279 Å². The Hall–Kier alpha value is -2.59. The van der Waals surface area contributed by atoms with Gasteiger partial charge in [0.05, 0.1) is 0 Å². The van der Waals surface area contributed by atoms with Gasteiger partial charge in [-0.2, -0.15) is 0 Å². The number of allylic oxidation sites excluding steroid dienone is 2. The van der Waals surface area contributed by atoms with Crippen LogP contribution in [0, 0.1) is 0 Å². The number of fused-ring (bicyclic) bond motifs is 2. The summed E-state index contributed by atoms with van der Waals surface area (Å²) in [6.45, 7) is 4.78. The maximum atomic E-state index is 5.46. The van der Waals surface area contributed by atoms with Crippen LogP contribution in [-0.4, -0.2) is 14.2 Å². The van der Waals surface area contributed by atoms with Crippen LogP contribution in [0.4, 0.5) is 0 Å². The van der Waals surface area contributed by atoms with Crippen LogP contribution >= 0.6 is 24.8 Å². The summed E-state index contributed by atoms with van der Waals surface area (Å²) in [5.41, 5.74) is 14.9. The molecule has 0 aromatic heterocycles. The van der Waals surface area contributed by atoms with Gasteiger partial charge in [-0.25, -0.2) is 0 Å². The van der Waals surface area contributed by atoms with E-state index in [4.69, 9.17) is 9.47 Å². The minimum atomic E-state index is -3.01. The Morgan fingerprint density at radius 1 is 0.591 bits per heavy atom. The normalized spacial score (nSPS) is 18.9. The minimum Gasteiger partial charge on any atom is -0.147 e. The summed E-state index contributed by atoms with van der Waals surface area (Å²) in [6.07, 6.45) is 8.88. The van der Waals surface area contributed by atoms with Crippen molar-refractivity contribution in [3.63, 3.8) is 0 Å². The van der Waals surface area contributed by atoms with Crippen LogP contribution in [-0.2, 0) is 20.0 Å². The summed E-state index contributed by atoms with van der Waals surface area (Å²) in [5.74, 6) is 1.82. The second-order valence-corrected chi connectivity index (χ2v) is 28.8. The van der Waals surface area contributed by atoms with Crippen molar-refractivity contribution in [3.8, 4) is 33.8 Å². The number of halogens is 2. The zero-order valence-corrected chi connectivity index (χ0v) is 31.3. The molecule has 1 aliphatic heterocycles. The number of rotatable bonds is 8. The van der Waals surface area contributed by atoms with E-state index in [0.717, 1.165) is 24.3 Å². The van der Waals surface area contributed by atoms with E-state index < -0.39 is 20.0 Å². The average Bonchev–Trinajstić information content (AvgIpc) is 3.60. The Kier molecular flexibility index (Phi) is 10.00. The Balaban J connectivity index is 0.00000192. The Morgan fingerprint density at radius 2 is 1.00 bits per heavy atom. The zero-order chi connectivity index (χ0) is 28.8. The quantitative estimate of drug-likeness (QED) is 0.166. The molecule has 4 aromatic carbocycles. The molecule has 0 amide bonds. The number of hydrogen-bond acceptors (Lipinski definition) is 2. The zero-order valence-electron chi connectivity index (χ0n) is 26.1. The fourth-order valence-electron chi connectivity index (χ4n) is 8.27. The first-order valence-electron chi connectivity index (χ1n) is 15.6. The van der Waals surface area contributed by atoms with Crippen molar-refractivity contribution in [2.45, 2.75) is 48.8 Å². The second-order valence-electron chi connectivity index (χ2n) is 12.2. The summed E-state index contributed by atoms with van der Waals surface area (Å²) < 4.78 is 15.2. The molecule has 1 saturated heterocycles. The van der Waals surface area contributed by atoms with Gasteiger partial charge in [0.2, 0.25) is 0 Å². The SMILES string of the molecule is CCC1=Cc2c(-c3ccc(OC)cc3)cccc2[CH]1[Hf]1([CH]2C(CC)=Cc3c(-c4ccc(OC)cc4)cccc32)[CH2]C[CH2]1.Cl.Cl. The molecular weight excluding hydrogens is 750 g/mol. The van der Waals surface area contributed by atoms with Gasteiger partial charge in [0.1, 0.15) is 0 Å². The Morgan fingerprint density at radius 3 is 1.32 bits per heavy atom. The molecule has 5 heteroatoms. The van der Waals surface area contributed by atoms with Gasteiger partial charge in [0.25, 0.3) is 0 Å². The average molecular weight is 792 g/mol. The van der Waals surface area contributed by atoms with E-state index >= 15 is 0 Å². The van der Waals surface area contributed by atoms with Gasteiger partial charge in [-0.15, -0.1) is 24.8 Å². The molecule has 2 aliphatic carbocycles. The summed E-state index contributed by atoms with van der Waals surface area (Å²) in [7, 11) is 3.48. The summed E-state index contributed by atoms with van der Waals surface area (Å²) in [6, 6.07) is 31.5. The van der Waals surface area contributed by atoms with E-state index in [2.05, 4.69) is 111 Å². The minimum absolute atomic E-state index is 0. The van der Waals surface area contributed by atoms with E-state index in [9.17, 15) is 0 Å².